The van der Waals surface area contributed by atoms with E-state index in [1.807, 2.05) is 30.3 Å². The Labute approximate surface area is 165 Å². The average Bonchev–Trinajstić information content (AvgIpc) is 3.47. The highest BCUT2D eigenvalue weighted by molar-refractivity contribution is 7.99. The lowest BCUT2D eigenvalue weighted by Gasteiger charge is -2.22. The van der Waals surface area contributed by atoms with Crippen molar-refractivity contribution in [2.45, 2.75) is 30.5 Å². The zero-order valence-corrected chi connectivity index (χ0v) is 16.0. The molecule has 2 N–H and O–H groups in total. The first-order valence-corrected chi connectivity index (χ1v) is 9.87. The number of carbonyl (C=O) groups excluding carboxylic acids is 1. The predicted molar refractivity (Wildman–Crippen MR) is 105 cm³/mol. The van der Waals surface area contributed by atoms with Gasteiger partial charge in [0.15, 0.2) is 10.8 Å². The Bertz CT molecular complexity index is 1130. The second kappa shape index (κ2) is 7.13. The molecular formula is C19H18N6O2S. The van der Waals surface area contributed by atoms with Crippen molar-refractivity contribution in [2.75, 3.05) is 5.75 Å². The van der Waals surface area contributed by atoms with Crippen LogP contribution in [-0.2, 0) is 4.79 Å². The number of rotatable bonds is 6. The van der Waals surface area contributed by atoms with Crippen molar-refractivity contribution in [2.24, 2.45) is 5.92 Å². The summed E-state index contributed by atoms with van der Waals surface area (Å²) in [5.41, 5.74) is 0.0695. The van der Waals surface area contributed by atoms with E-state index in [2.05, 4.69) is 26.5 Å². The fraction of sp³-hybridized carbons (Fsp3) is 0.316. The Morgan fingerprint density at radius 1 is 1.43 bits per heavy atom. The molecule has 2 heterocycles. The highest BCUT2D eigenvalue weighted by Crippen LogP contribution is 2.39. The number of nitrogens with one attached hydrogen (secondary N) is 2. The zero-order chi connectivity index (χ0) is 19.7. The van der Waals surface area contributed by atoms with Gasteiger partial charge in [-0.25, -0.2) is 9.67 Å². The van der Waals surface area contributed by atoms with Gasteiger partial charge >= 0.3 is 0 Å². The highest BCUT2D eigenvalue weighted by atomic mass is 32.2. The number of hydrogen-bond donors (Lipinski definition) is 2. The third kappa shape index (κ3) is 3.51. The van der Waals surface area contributed by atoms with Crippen LogP contribution in [0.5, 0.6) is 0 Å². The van der Waals surface area contributed by atoms with Gasteiger partial charge in [0.1, 0.15) is 10.9 Å². The van der Waals surface area contributed by atoms with Gasteiger partial charge in [-0.2, -0.15) is 10.4 Å². The summed E-state index contributed by atoms with van der Waals surface area (Å²) in [5.74, 6) is -0.000944. The van der Waals surface area contributed by atoms with Crippen LogP contribution in [0.2, 0.25) is 0 Å². The van der Waals surface area contributed by atoms with E-state index in [4.69, 9.17) is 0 Å². The number of amides is 1. The van der Waals surface area contributed by atoms with E-state index in [9.17, 15) is 14.9 Å². The molecule has 8 nitrogen and oxygen atoms in total. The van der Waals surface area contributed by atoms with Crippen LogP contribution in [0.3, 0.4) is 0 Å². The quantitative estimate of drug-likeness (QED) is 0.488. The van der Waals surface area contributed by atoms with Gasteiger partial charge in [0.2, 0.25) is 5.91 Å². The second-order valence-electron chi connectivity index (χ2n) is 6.93. The lowest BCUT2D eigenvalue weighted by molar-refractivity contribution is -0.119. The fourth-order valence-electron chi connectivity index (χ4n) is 3.07. The first-order valence-electron chi connectivity index (χ1n) is 8.89. The largest absolute Gasteiger partial charge is 0.337 e. The molecule has 1 aliphatic rings. The van der Waals surface area contributed by atoms with Crippen molar-refractivity contribution in [3.05, 3.63) is 46.9 Å². The molecule has 0 spiro atoms. The molecule has 0 saturated heterocycles. The first-order chi connectivity index (χ1) is 13.5. The van der Waals surface area contributed by atoms with Gasteiger partial charge in [0, 0.05) is 0 Å². The lowest BCUT2D eigenvalue weighted by Crippen LogP contribution is -2.47. The van der Waals surface area contributed by atoms with Crippen molar-refractivity contribution in [3.63, 3.8) is 0 Å². The van der Waals surface area contributed by atoms with E-state index in [-0.39, 0.29) is 23.1 Å². The molecule has 1 amide bonds. The Hall–Kier alpha value is -3.12. The number of nitriles is 1. The second-order valence-corrected chi connectivity index (χ2v) is 7.89. The summed E-state index contributed by atoms with van der Waals surface area (Å²) in [7, 11) is 0. The fourth-order valence-corrected chi connectivity index (χ4v) is 3.72. The van der Waals surface area contributed by atoms with Crippen LogP contribution in [-0.4, -0.2) is 36.9 Å². The topological polar surface area (TPSA) is 116 Å². The number of carbonyl (C=O) groups is 1. The lowest BCUT2D eigenvalue weighted by atomic mass is 9.98. The minimum atomic E-state index is -0.839. The first kappa shape index (κ1) is 18.3. The third-order valence-electron chi connectivity index (χ3n) is 4.78. The van der Waals surface area contributed by atoms with Crippen LogP contribution in [0.15, 0.2) is 46.5 Å². The summed E-state index contributed by atoms with van der Waals surface area (Å²) >= 11 is 1.12. The van der Waals surface area contributed by atoms with Crippen LogP contribution in [0, 0.1) is 17.2 Å². The molecule has 1 aromatic carbocycles. The number of aromatic nitrogens is 4. The Kier molecular flexibility index (Phi) is 4.65. The highest BCUT2D eigenvalue weighted by Gasteiger charge is 2.42. The van der Waals surface area contributed by atoms with Crippen molar-refractivity contribution < 1.29 is 4.79 Å². The minimum absolute atomic E-state index is 0.0535. The molecule has 0 bridgehead atoms. The van der Waals surface area contributed by atoms with Gasteiger partial charge in [-0.05, 0) is 37.8 Å². The van der Waals surface area contributed by atoms with Crippen LogP contribution >= 0.6 is 11.8 Å². The molecule has 0 radical (unpaired) electrons. The van der Waals surface area contributed by atoms with Gasteiger partial charge in [-0.15, -0.1) is 0 Å². The SMILES string of the molecule is CC(C#N)(NC(=O)CSc1nc2c(cnn2-c2ccccc2)c(=O)[nH]1)C1CC1. The number of fused-ring (bicyclic) bond motifs is 1. The number of benzene rings is 1. The molecule has 1 atom stereocenters. The molecule has 0 aliphatic heterocycles. The molecule has 1 fully saturated rings. The molecular weight excluding hydrogens is 376 g/mol. The monoisotopic (exact) mass is 394 g/mol. The average molecular weight is 394 g/mol. The molecule has 3 aromatic rings. The number of thioether (sulfide) groups is 1. The Morgan fingerprint density at radius 2 is 2.18 bits per heavy atom. The summed E-state index contributed by atoms with van der Waals surface area (Å²) in [5, 5.41) is 17.1. The van der Waals surface area contributed by atoms with Gasteiger partial charge in [0.25, 0.3) is 5.56 Å². The van der Waals surface area contributed by atoms with E-state index < -0.39 is 5.54 Å². The summed E-state index contributed by atoms with van der Waals surface area (Å²) < 4.78 is 1.59. The number of para-hydroxylation sites is 1. The van der Waals surface area contributed by atoms with Gasteiger partial charge < -0.3 is 10.3 Å². The maximum Gasteiger partial charge on any atom is 0.262 e. The van der Waals surface area contributed by atoms with E-state index >= 15 is 0 Å². The van der Waals surface area contributed by atoms with Crippen molar-refractivity contribution in [1.82, 2.24) is 25.1 Å². The van der Waals surface area contributed by atoms with E-state index in [0.29, 0.717) is 16.2 Å². The number of nitrogens with zero attached hydrogens (tertiary/aromatic N) is 4. The zero-order valence-electron chi connectivity index (χ0n) is 15.2. The molecule has 142 valence electrons. The molecule has 1 unspecified atom stereocenters. The Morgan fingerprint density at radius 3 is 2.86 bits per heavy atom. The predicted octanol–water partition coefficient (Wildman–Crippen LogP) is 2.01. The number of hydrogen-bond acceptors (Lipinski definition) is 6. The van der Waals surface area contributed by atoms with E-state index in [0.717, 1.165) is 30.3 Å². The van der Waals surface area contributed by atoms with Crippen molar-refractivity contribution in [3.8, 4) is 11.8 Å². The Balaban J connectivity index is 1.54. The van der Waals surface area contributed by atoms with Crippen LogP contribution in [0.1, 0.15) is 19.8 Å². The molecule has 4 rings (SSSR count). The van der Waals surface area contributed by atoms with E-state index in [1.165, 1.54) is 6.20 Å². The number of aromatic amines is 1. The van der Waals surface area contributed by atoms with E-state index in [1.54, 1.807) is 11.6 Å². The van der Waals surface area contributed by atoms with Crippen LogP contribution < -0.4 is 10.9 Å². The molecule has 2 aromatic heterocycles. The van der Waals surface area contributed by atoms with Crippen molar-refractivity contribution >= 4 is 28.7 Å². The van der Waals surface area contributed by atoms with Crippen LogP contribution in [0.25, 0.3) is 16.7 Å². The van der Waals surface area contributed by atoms with Gasteiger partial charge in [-0.1, -0.05) is 30.0 Å². The maximum atomic E-state index is 12.4. The summed E-state index contributed by atoms with van der Waals surface area (Å²) in [6.45, 7) is 1.75. The van der Waals surface area contributed by atoms with Gasteiger partial charge in [-0.3, -0.25) is 9.59 Å². The van der Waals surface area contributed by atoms with Crippen molar-refractivity contribution in [1.29, 1.82) is 5.26 Å². The van der Waals surface area contributed by atoms with Crippen LogP contribution in [0.4, 0.5) is 0 Å². The normalized spacial score (nSPS) is 15.7. The smallest absolute Gasteiger partial charge is 0.262 e. The summed E-state index contributed by atoms with van der Waals surface area (Å²) in [6.07, 6.45) is 3.38. The molecule has 9 heteroatoms. The standard InChI is InChI=1S/C19H18N6O2S/c1-19(11-20,12-7-8-12)24-15(26)10-28-18-22-16-14(17(27)23-18)9-21-25(16)13-5-3-2-4-6-13/h2-6,9,12H,7-8,10H2,1H3,(H,24,26)(H,22,23,27). The maximum absolute atomic E-state index is 12.4. The molecule has 28 heavy (non-hydrogen) atoms. The van der Waals surface area contributed by atoms with Gasteiger partial charge in [0.05, 0.1) is 23.7 Å². The minimum Gasteiger partial charge on any atom is -0.337 e. The summed E-state index contributed by atoms with van der Waals surface area (Å²) in [4.78, 5) is 31.8. The summed E-state index contributed by atoms with van der Waals surface area (Å²) in [6, 6.07) is 11.6. The third-order valence-corrected chi connectivity index (χ3v) is 5.66. The molecule has 1 saturated carbocycles. The number of H-pyrrole nitrogens is 1. The molecule has 1 aliphatic carbocycles.